The van der Waals surface area contributed by atoms with Crippen molar-refractivity contribution >= 4 is 22.7 Å². The number of rotatable bonds is 6. The second-order valence-electron chi connectivity index (χ2n) is 9.42. The van der Waals surface area contributed by atoms with E-state index in [1.165, 1.54) is 29.3 Å². The maximum Gasteiger partial charge on any atom is 0.265 e. The molecule has 0 radical (unpaired) electrons. The van der Waals surface area contributed by atoms with Crippen LogP contribution in [-0.2, 0) is 13.1 Å². The van der Waals surface area contributed by atoms with E-state index in [9.17, 15) is 9.59 Å². The van der Waals surface area contributed by atoms with Gasteiger partial charge in [0.05, 0.1) is 5.56 Å². The molecule has 32 heavy (non-hydrogen) atoms. The number of aryl methyl sites for hydroxylation is 1. The van der Waals surface area contributed by atoms with E-state index in [2.05, 4.69) is 22.1 Å². The summed E-state index contributed by atoms with van der Waals surface area (Å²) < 4.78 is 7.16. The number of furan rings is 1. The summed E-state index contributed by atoms with van der Waals surface area (Å²) in [4.78, 5) is 32.8. The van der Waals surface area contributed by atoms with Crippen LogP contribution in [0.5, 0.6) is 0 Å². The molecule has 0 atom stereocenters. The molecule has 1 aliphatic rings. The molecule has 1 fully saturated rings. The second-order valence-corrected chi connectivity index (χ2v) is 9.42. The van der Waals surface area contributed by atoms with Crippen molar-refractivity contribution in [1.29, 1.82) is 0 Å². The Hall–Kier alpha value is -2.93. The molecule has 1 amide bonds. The molecule has 1 aliphatic heterocycles. The van der Waals surface area contributed by atoms with Gasteiger partial charge in [0.1, 0.15) is 17.5 Å². The van der Waals surface area contributed by atoms with Gasteiger partial charge in [-0.1, -0.05) is 32.9 Å². The molecule has 4 rings (SSSR count). The van der Waals surface area contributed by atoms with Crippen molar-refractivity contribution in [2.45, 2.75) is 53.6 Å². The number of likely N-dealkylation sites (tertiary alicyclic amines) is 1. The average Bonchev–Trinajstić information content (AvgIpc) is 3.10. The molecule has 3 aromatic rings. The molecule has 1 N–H and O–H groups in total. The van der Waals surface area contributed by atoms with Gasteiger partial charge in [-0.3, -0.25) is 19.1 Å². The Labute approximate surface area is 188 Å². The third kappa shape index (κ3) is 4.78. The summed E-state index contributed by atoms with van der Waals surface area (Å²) in [5, 5.41) is 3.15. The normalized spacial score (nSPS) is 15.5. The van der Waals surface area contributed by atoms with Crippen LogP contribution in [0, 0.1) is 18.8 Å². The SMILES string of the molecule is Cc1oc2ncn(CC(C)C)c(=O)c2c1C(=O)Nc1ccc(CN2CCC(C)CC2)cc1. The number of carbonyl (C=O) groups excluding carboxylic acids is 1. The van der Waals surface area contributed by atoms with Gasteiger partial charge >= 0.3 is 0 Å². The van der Waals surface area contributed by atoms with Gasteiger partial charge in [0.15, 0.2) is 0 Å². The highest BCUT2D eigenvalue weighted by atomic mass is 16.3. The number of hydrogen-bond donors (Lipinski definition) is 1. The first-order chi connectivity index (χ1) is 15.3. The molecule has 0 unspecified atom stereocenters. The molecule has 7 heteroatoms. The summed E-state index contributed by atoms with van der Waals surface area (Å²) >= 11 is 0. The van der Waals surface area contributed by atoms with Crippen molar-refractivity contribution < 1.29 is 9.21 Å². The minimum Gasteiger partial charge on any atom is -0.442 e. The highest BCUT2D eigenvalue weighted by Gasteiger charge is 2.23. The second kappa shape index (κ2) is 9.28. The lowest BCUT2D eigenvalue weighted by Gasteiger charge is -2.30. The zero-order valence-electron chi connectivity index (χ0n) is 19.4. The number of fused-ring (bicyclic) bond motifs is 1. The maximum atomic E-state index is 13.1. The van der Waals surface area contributed by atoms with Crippen LogP contribution < -0.4 is 10.9 Å². The van der Waals surface area contributed by atoms with Gasteiger partial charge in [0.25, 0.3) is 11.5 Å². The van der Waals surface area contributed by atoms with Crippen LogP contribution in [0.2, 0.25) is 0 Å². The van der Waals surface area contributed by atoms with Gasteiger partial charge in [-0.05, 0) is 62.4 Å². The lowest BCUT2D eigenvalue weighted by molar-refractivity contribution is 0.102. The lowest BCUT2D eigenvalue weighted by atomic mass is 9.99. The number of anilines is 1. The van der Waals surface area contributed by atoms with Crippen molar-refractivity contribution in [2.75, 3.05) is 18.4 Å². The highest BCUT2D eigenvalue weighted by Crippen LogP contribution is 2.23. The first kappa shape index (κ1) is 22.3. The van der Waals surface area contributed by atoms with Crippen LogP contribution in [0.1, 0.15) is 55.3 Å². The standard InChI is InChI=1S/C25H32N4O3/c1-16(2)13-29-15-26-24-22(25(29)31)21(18(4)32-24)23(30)27-20-7-5-19(6-8-20)14-28-11-9-17(3)10-12-28/h5-8,15-17H,9-14H2,1-4H3,(H,27,30). The Bertz CT molecular complexity index is 1150. The first-order valence-corrected chi connectivity index (χ1v) is 11.4. The number of carbonyl (C=O) groups is 1. The summed E-state index contributed by atoms with van der Waals surface area (Å²) in [6.45, 7) is 11.8. The van der Waals surface area contributed by atoms with E-state index in [-0.39, 0.29) is 34.0 Å². The summed E-state index contributed by atoms with van der Waals surface area (Å²) in [6.07, 6.45) is 3.98. The topological polar surface area (TPSA) is 80.4 Å². The van der Waals surface area contributed by atoms with Crippen molar-refractivity contribution in [3.05, 3.63) is 57.8 Å². The fourth-order valence-electron chi connectivity index (χ4n) is 4.30. The number of hydrogen-bond acceptors (Lipinski definition) is 5. The average molecular weight is 437 g/mol. The van der Waals surface area contributed by atoms with Crippen LogP contribution in [-0.4, -0.2) is 33.4 Å². The third-order valence-electron chi connectivity index (χ3n) is 6.14. The monoisotopic (exact) mass is 436 g/mol. The smallest absolute Gasteiger partial charge is 0.265 e. The van der Waals surface area contributed by atoms with Crippen LogP contribution in [0.3, 0.4) is 0 Å². The fourth-order valence-corrected chi connectivity index (χ4v) is 4.30. The summed E-state index contributed by atoms with van der Waals surface area (Å²) in [7, 11) is 0. The molecule has 0 bridgehead atoms. The predicted molar refractivity (Wildman–Crippen MR) is 126 cm³/mol. The summed E-state index contributed by atoms with van der Waals surface area (Å²) in [5.41, 5.74) is 2.11. The third-order valence-corrected chi connectivity index (χ3v) is 6.14. The minimum absolute atomic E-state index is 0.198. The Morgan fingerprint density at radius 3 is 2.56 bits per heavy atom. The molecule has 2 aromatic heterocycles. The lowest BCUT2D eigenvalue weighted by Crippen LogP contribution is -2.32. The van der Waals surface area contributed by atoms with Gasteiger partial charge < -0.3 is 9.73 Å². The summed E-state index contributed by atoms with van der Waals surface area (Å²) in [5.74, 6) is 1.13. The Kier molecular flexibility index (Phi) is 6.46. The van der Waals surface area contributed by atoms with E-state index < -0.39 is 0 Å². The number of amides is 1. The fraction of sp³-hybridized carbons (Fsp3) is 0.480. The number of piperidine rings is 1. The molecular formula is C25H32N4O3. The van der Waals surface area contributed by atoms with Crippen molar-refractivity contribution in [3.8, 4) is 0 Å². The van der Waals surface area contributed by atoms with Gasteiger partial charge in [-0.15, -0.1) is 0 Å². The Balaban J connectivity index is 1.51. The molecule has 1 aromatic carbocycles. The molecule has 0 saturated carbocycles. The molecule has 3 heterocycles. The van der Waals surface area contributed by atoms with E-state index in [4.69, 9.17) is 4.42 Å². The van der Waals surface area contributed by atoms with Crippen molar-refractivity contribution in [2.24, 2.45) is 11.8 Å². The van der Waals surface area contributed by atoms with Crippen LogP contribution in [0.25, 0.3) is 11.1 Å². The molecule has 170 valence electrons. The number of benzene rings is 1. The molecule has 0 aliphatic carbocycles. The predicted octanol–water partition coefficient (Wildman–Crippen LogP) is 4.44. The van der Waals surface area contributed by atoms with E-state index in [1.54, 1.807) is 6.92 Å². The Morgan fingerprint density at radius 2 is 1.91 bits per heavy atom. The largest absolute Gasteiger partial charge is 0.442 e. The van der Waals surface area contributed by atoms with Gasteiger partial charge in [-0.25, -0.2) is 4.98 Å². The maximum absolute atomic E-state index is 13.1. The van der Waals surface area contributed by atoms with E-state index in [0.717, 1.165) is 25.6 Å². The van der Waals surface area contributed by atoms with Crippen LogP contribution in [0.15, 0.2) is 39.8 Å². The number of nitrogens with zero attached hydrogens (tertiary/aromatic N) is 3. The van der Waals surface area contributed by atoms with Crippen LogP contribution in [0.4, 0.5) is 5.69 Å². The quantitative estimate of drug-likeness (QED) is 0.618. The zero-order chi connectivity index (χ0) is 22.8. The van der Waals surface area contributed by atoms with E-state index >= 15 is 0 Å². The van der Waals surface area contributed by atoms with Gasteiger partial charge in [-0.2, -0.15) is 0 Å². The molecule has 7 nitrogen and oxygen atoms in total. The minimum atomic E-state index is -0.361. The van der Waals surface area contributed by atoms with Crippen molar-refractivity contribution in [3.63, 3.8) is 0 Å². The number of aromatic nitrogens is 2. The summed E-state index contributed by atoms with van der Waals surface area (Å²) in [6, 6.07) is 7.91. The first-order valence-electron chi connectivity index (χ1n) is 11.4. The van der Waals surface area contributed by atoms with Gasteiger partial charge in [0, 0.05) is 18.8 Å². The zero-order valence-corrected chi connectivity index (χ0v) is 19.4. The van der Waals surface area contributed by atoms with Crippen molar-refractivity contribution in [1.82, 2.24) is 14.5 Å². The van der Waals surface area contributed by atoms with Gasteiger partial charge in [0.2, 0.25) is 5.71 Å². The number of nitrogens with one attached hydrogen (secondary N) is 1. The molecule has 0 spiro atoms. The molecular weight excluding hydrogens is 404 g/mol. The highest BCUT2D eigenvalue weighted by molar-refractivity contribution is 6.12. The van der Waals surface area contributed by atoms with Crippen LogP contribution >= 0.6 is 0 Å². The Morgan fingerprint density at radius 1 is 1.22 bits per heavy atom. The van der Waals surface area contributed by atoms with E-state index in [0.29, 0.717) is 18.0 Å². The molecule has 1 saturated heterocycles. The van der Waals surface area contributed by atoms with E-state index in [1.807, 2.05) is 38.1 Å².